The van der Waals surface area contributed by atoms with Gasteiger partial charge in [-0.15, -0.1) is 11.6 Å². The zero-order chi connectivity index (χ0) is 13.4. The summed E-state index contributed by atoms with van der Waals surface area (Å²) >= 11 is 6.14. The summed E-state index contributed by atoms with van der Waals surface area (Å²) < 4.78 is 33.8. The molecule has 102 valence electrons. The Hall–Kier alpha value is -0.870. The van der Waals surface area contributed by atoms with Gasteiger partial charge in [0.05, 0.1) is 12.0 Å². The molecule has 1 aromatic carbocycles. The number of hydrogen-bond donors (Lipinski definition) is 0. The second-order valence-corrected chi connectivity index (χ2v) is 4.25. The summed E-state index contributed by atoms with van der Waals surface area (Å²) in [6.45, 7) is 2.22. The smallest absolute Gasteiger partial charge is 0.261 e. The van der Waals surface area contributed by atoms with Crippen LogP contribution in [-0.4, -0.2) is 26.2 Å². The molecule has 18 heavy (non-hydrogen) atoms. The first-order valence-corrected chi connectivity index (χ1v) is 6.29. The van der Waals surface area contributed by atoms with E-state index in [1.54, 1.807) is 0 Å². The lowest BCUT2D eigenvalue weighted by atomic mass is 10.1. The van der Waals surface area contributed by atoms with Crippen LogP contribution in [0.4, 0.5) is 8.78 Å². The second kappa shape index (κ2) is 8.27. The molecule has 0 aliphatic carbocycles. The summed E-state index contributed by atoms with van der Waals surface area (Å²) in [5, 5.41) is -0.238. The largest absolute Gasteiger partial charge is 0.494 e. The summed E-state index contributed by atoms with van der Waals surface area (Å²) in [4.78, 5) is 0. The van der Waals surface area contributed by atoms with Crippen molar-refractivity contribution in [3.63, 3.8) is 0 Å². The van der Waals surface area contributed by atoms with Crippen LogP contribution in [0.1, 0.15) is 24.3 Å². The molecule has 0 fully saturated rings. The minimum atomic E-state index is -2.43. The number of alkyl halides is 3. The molecule has 0 heterocycles. The number of ether oxygens (including phenoxy) is 2. The number of halogens is 3. The molecular weight excluding hydrogens is 262 g/mol. The van der Waals surface area contributed by atoms with E-state index in [0.717, 1.165) is 11.3 Å². The molecule has 0 aromatic heterocycles. The van der Waals surface area contributed by atoms with E-state index >= 15 is 0 Å². The van der Waals surface area contributed by atoms with E-state index in [9.17, 15) is 8.78 Å². The molecule has 0 aliphatic rings. The Balaban J connectivity index is 2.34. The van der Waals surface area contributed by atoms with E-state index in [-0.39, 0.29) is 12.0 Å². The maximum atomic E-state index is 11.8. The fraction of sp³-hybridized carbons (Fsp3) is 0.538. The van der Waals surface area contributed by atoms with E-state index in [0.29, 0.717) is 13.0 Å². The van der Waals surface area contributed by atoms with Crippen LogP contribution in [0.25, 0.3) is 0 Å². The molecule has 0 saturated carbocycles. The fourth-order valence-electron chi connectivity index (χ4n) is 1.47. The summed E-state index contributed by atoms with van der Waals surface area (Å²) in [6, 6.07) is 7.42. The fourth-order valence-corrected chi connectivity index (χ4v) is 1.70. The van der Waals surface area contributed by atoms with Crippen LogP contribution in [-0.2, 0) is 4.74 Å². The third kappa shape index (κ3) is 5.65. The maximum absolute atomic E-state index is 11.8. The van der Waals surface area contributed by atoms with Crippen molar-refractivity contribution in [2.45, 2.75) is 25.1 Å². The van der Waals surface area contributed by atoms with Crippen LogP contribution in [0.15, 0.2) is 24.3 Å². The topological polar surface area (TPSA) is 18.5 Å². The van der Waals surface area contributed by atoms with Crippen LogP contribution < -0.4 is 4.74 Å². The monoisotopic (exact) mass is 278 g/mol. The zero-order valence-electron chi connectivity index (χ0n) is 10.2. The third-order valence-corrected chi connectivity index (χ3v) is 2.78. The lowest BCUT2D eigenvalue weighted by molar-refractivity contribution is 0.0165. The summed E-state index contributed by atoms with van der Waals surface area (Å²) in [6.07, 6.45) is -1.92. The molecule has 0 radical (unpaired) electrons. The third-order valence-electron chi connectivity index (χ3n) is 2.31. The minimum absolute atomic E-state index is 0.228. The standard InChI is InChI=1S/C13H17ClF2O2/c1-2-18-11-5-3-10(4-6-11)12(14)7-8-17-9-13(15)16/h3-6,12-13H,2,7-9H2,1H3. The molecule has 1 aromatic rings. The molecule has 1 unspecified atom stereocenters. The number of hydrogen-bond acceptors (Lipinski definition) is 2. The summed E-state index contributed by atoms with van der Waals surface area (Å²) in [7, 11) is 0. The molecule has 0 N–H and O–H groups in total. The predicted molar refractivity (Wildman–Crippen MR) is 67.6 cm³/mol. The van der Waals surface area contributed by atoms with Crippen LogP contribution in [0.3, 0.4) is 0 Å². The van der Waals surface area contributed by atoms with E-state index in [4.69, 9.17) is 21.1 Å². The molecule has 0 bridgehead atoms. The SMILES string of the molecule is CCOc1ccc(C(Cl)CCOCC(F)F)cc1. The van der Waals surface area contributed by atoms with Gasteiger partial charge in [0.2, 0.25) is 0 Å². The highest BCUT2D eigenvalue weighted by molar-refractivity contribution is 6.20. The van der Waals surface area contributed by atoms with Gasteiger partial charge in [-0.25, -0.2) is 8.78 Å². The summed E-state index contributed by atoms with van der Waals surface area (Å²) in [5.41, 5.74) is 0.931. The predicted octanol–water partition coefficient (Wildman–Crippen LogP) is 4.04. The van der Waals surface area contributed by atoms with Crippen molar-refractivity contribution < 1.29 is 18.3 Å². The van der Waals surface area contributed by atoms with Gasteiger partial charge >= 0.3 is 0 Å². The minimum Gasteiger partial charge on any atom is -0.494 e. The molecule has 1 rings (SSSR count). The lowest BCUT2D eigenvalue weighted by Crippen LogP contribution is -2.06. The molecule has 2 nitrogen and oxygen atoms in total. The first kappa shape index (κ1) is 15.2. The van der Waals surface area contributed by atoms with Gasteiger partial charge < -0.3 is 9.47 Å². The van der Waals surface area contributed by atoms with Crippen molar-refractivity contribution >= 4 is 11.6 Å². The molecule has 0 aliphatic heterocycles. The van der Waals surface area contributed by atoms with E-state index in [1.165, 1.54) is 0 Å². The zero-order valence-corrected chi connectivity index (χ0v) is 11.0. The van der Waals surface area contributed by atoms with Gasteiger partial charge in [-0.05, 0) is 31.0 Å². The Morgan fingerprint density at radius 3 is 2.44 bits per heavy atom. The average molecular weight is 279 g/mol. The van der Waals surface area contributed by atoms with Gasteiger partial charge in [-0.1, -0.05) is 12.1 Å². The van der Waals surface area contributed by atoms with Crippen LogP contribution in [0, 0.1) is 0 Å². The number of rotatable bonds is 8. The van der Waals surface area contributed by atoms with Gasteiger partial charge in [0, 0.05) is 6.61 Å². The first-order chi connectivity index (χ1) is 8.63. The van der Waals surface area contributed by atoms with Crippen molar-refractivity contribution in [1.82, 2.24) is 0 Å². The lowest BCUT2D eigenvalue weighted by Gasteiger charge is -2.11. The first-order valence-electron chi connectivity index (χ1n) is 5.86. The Bertz CT molecular complexity index is 330. The van der Waals surface area contributed by atoms with Gasteiger partial charge in [0.25, 0.3) is 6.43 Å². The molecule has 1 atom stereocenters. The quantitative estimate of drug-likeness (QED) is 0.528. The van der Waals surface area contributed by atoms with E-state index in [2.05, 4.69) is 0 Å². The Morgan fingerprint density at radius 1 is 1.22 bits per heavy atom. The van der Waals surface area contributed by atoms with Crippen LogP contribution in [0.2, 0.25) is 0 Å². The molecule has 5 heteroatoms. The Labute approximate surface area is 111 Å². The van der Waals surface area contributed by atoms with Crippen LogP contribution >= 0.6 is 11.6 Å². The van der Waals surface area contributed by atoms with Crippen molar-refractivity contribution in [2.24, 2.45) is 0 Å². The highest BCUT2D eigenvalue weighted by atomic mass is 35.5. The maximum Gasteiger partial charge on any atom is 0.261 e. The summed E-state index contributed by atoms with van der Waals surface area (Å²) in [5.74, 6) is 0.791. The normalized spacial score (nSPS) is 12.7. The van der Waals surface area contributed by atoms with E-state index < -0.39 is 13.0 Å². The van der Waals surface area contributed by atoms with Crippen molar-refractivity contribution in [1.29, 1.82) is 0 Å². The van der Waals surface area contributed by atoms with Crippen LogP contribution in [0.5, 0.6) is 5.75 Å². The molecule has 0 amide bonds. The van der Waals surface area contributed by atoms with Crippen molar-refractivity contribution in [3.8, 4) is 5.75 Å². The van der Waals surface area contributed by atoms with E-state index in [1.807, 2.05) is 31.2 Å². The van der Waals surface area contributed by atoms with Gasteiger partial charge in [-0.2, -0.15) is 0 Å². The van der Waals surface area contributed by atoms with Gasteiger partial charge in [0.15, 0.2) is 0 Å². The highest BCUT2D eigenvalue weighted by Crippen LogP contribution is 2.26. The molecule has 0 saturated heterocycles. The average Bonchev–Trinajstić information content (AvgIpc) is 2.35. The van der Waals surface area contributed by atoms with Gasteiger partial charge in [0.1, 0.15) is 12.4 Å². The molecular formula is C13H17ClF2O2. The Morgan fingerprint density at radius 2 is 1.89 bits per heavy atom. The Kier molecular flexibility index (Phi) is 6.98. The van der Waals surface area contributed by atoms with Crippen molar-refractivity contribution in [2.75, 3.05) is 19.8 Å². The molecule has 0 spiro atoms. The van der Waals surface area contributed by atoms with Crippen molar-refractivity contribution in [3.05, 3.63) is 29.8 Å². The highest BCUT2D eigenvalue weighted by Gasteiger charge is 2.09. The number of benzene rings is 1. The second-order valence-electron chi connectivity index (χ2n) is 3.72. The van der Waals surface area contributed by atoms with Gasteiger partial charge in [-0.3, -0.25) is 0 Å².